The average molecular weight is 917 g/mol. The molecule has 0 radical (unpaired) electrons. The first-order chi connectivity index (χ1) is 35.7. The van der Waals surface area contributed by atoms with E-state index in [4.69, 9.17) is 0 Å². The topological polar surface area (TPSA) is 8.17 Å². The van der Waals surface area contributed by atoms with Crippen LogP contribution in [0.5, 0.6) is 0 Å². The minimum atomic E-state index is 1.06. The smallest absolute Gasteiger partial charge is 0.0547 e. The zero-order valence-electron chi connectivity index (χ0n) is 39.6. The fourth-order valence-corrected chi connectivity index (χ4v) is 10.8. The predicted octanol–water partition coefficient (Wildman–Crippen LogP) is 19.4. The molecule has 0 saturated carbocycles. The van der Waals surface area contributed by atoms with Gasteiger partial charge >= 0.3 is 0 Å². The van der Waals surface area contributed by atoms with Crippen LogP contribution in [0.2, 0.25) is 0 Å². The van der Waals surface area contributed by atoms with Gasteiger partial charge in [-0.25, -0.2) is 0 Å². The molecule has 2 heteroatoms. The predicted molar refractivity (Wildman–Crippen MR) is 306 cm³/mol. The van der Waals surface area contributed by atoms with Gasteiger partial charge in [-0.05, 0) is 133 Å². The van der Waals surface area contributed by atoms with Gasteiger partial charge in [0.05, 0.1) is 16.7 Å². The van der Waals surface area contributed by atoms with Gasteiger partial charge in [-0.15, -0.1) is 0 Å². The molecule has 0 amide bonds. The maximum Gasteiger partial charge on any atom is 0.0547 e. The summed E-state index contributed by atoms with van der Waals surface area (Å²) in [6.45, 7) is 0. The van der Waals surface area contributed by atoms with E-state index in [0.717, 1.165) is 39.4 Å². The molecule has 0 atom stereocenters. The van der Waals surface area contributed by atoms with Gasteiger partial charge in [0.25, 0.3) is 0 Å². The Morgan fingerprint density at radius 3 is 1.42 bits per heavy atom. The molecule has 72 heavy (non-hydrogen) atoms. The van der Waals surface area contributed by atoms with Gasteiger partial charge in [0.1, 0.15) is 0 Å². The molecule has 0 bridgehead atoms. The van der Waals surface area contributed by atoms with E-state index in [-0.39, 0.29) is 0 Å². The second-order valence-electron chi connectivity index (χ2n) is 18.4. The van der Waals surface area contributed by atoms with Crippen LogP contribution in [0.15, 0.2) is 291 Å². The standard InChI is InChI=1S/C70H48N2/c1-4-19-53(20-5-1)61-26-12-13-27-64(61)69-62(54-21-6-2-7-22-54)29-16-32-67(69)71(59-44-40-51(41-45-59)50-34-36-52(37-35-50)57-39-38-49-18-10-11-23-56(49)48-57)60-46-42-55(43-47-60)63-30-17-33-68-70(63)65-28-14-15-31-66(65)72(68)58-24-8-3-9-25-58/h1-48H. The van der Waals surface area contributed by atoms with E-state index < -0.39 is 0 Å². The molecule has 0 aliphatic carbocycles. The Balaban J connectivity index is 0.964. The Morgan fingerprint density at radius 1 is 0.264 bits per heavy atom. The van der Waals surface area contributed by atoms with E-state index in [1.54, 1.807) is 0 Å². The number of para-hydroxylation sites is 2. The van der Waals surface area contributed by atoms with Crippen LogP contribution in [-0.4, -0.2) is 4.57 Å². The third-order valence-electron chi connectivity index (χ3n) is 14.2. The van der Waals surface area contributed by atoms with Crippen molar-refractivity contribution < 1.29 is 0 Å². The van der Waals surface area contributed by atoms with Crippen LogP contribution >= 0.6 is 0 Å². The zero-order valence-corrected chi connectivity index (χ0v) is 39.6. The molecular weight excluding hydrogens is 869 g/mol. The summed E-state index contributed by atoms with van der Waals surface area (Å²) in [6.07, 6.45) is 0. The van der Waals surface area contributed by atoms with Crippen molar-refractivity contribution in [1.82, 2.24) is 4.57 Å². The molecule has 0 spiro atoms. The second-order valence-corrected chi connectivity index (χ2v) is 18.4. The SMILES string of the molecule is c1ccc(-c2ccccc2-c2c(-c3ccccc3)cccc2N(c2ccc(-c3ccc(-c4ccc5ccccc5c4)cc3)cc2)c2ccc(-c3cccc4c3c3ccccc3n4-c3ccccc3)cc2)cc1. The molecule has 2 nitrogen and oxygen atoms in total. The van der Waals surface area contributed by atoms with E-state index in [2.05, 4.69) is 301 Å². The fraction of sp³-hybridized carbons (Fsp3) is 0. The highest BCUT2D eigenvalue weighted by molar-refractivity contribution is 6.16. The molecule has 0 aliphatic rings. The molecule has 12 aromatic carbocycles. The molecule has 338 valence electrons. The van der Waals surface area contributed by atoms with Crippen molar-refractivity contribution in [2.45, 2.75) is 0 Å². The number of hydrogen-bond donors (Lipinski definition) is 0. The lowest BCUT2D eigenvalue weighted by atomic mass is 9.87. The molecule has 0 saturated heterocycles. The Kier molecular flexibility index (Phi) is 10.9. The van der Waals surface area contributed by atoms with Crippen molar-refractivity contribution in [3.8, 4) is 72.4 Å². The highest BCUT2D eigenvalue weighted by Gasteiger charge is 2.24. The van der Waals surface area contributed by atoms with Crippen LogP contribution < -0.4 is 4.90 Å². The number of hydrogen-bond acceptors (Lipinski definition) is 1. The first-order valence-corrected chi connectivity index (χ1v) is 24.7. The largest absolute Gasteiger partial charge is 0.310 e. The second kappa shape index (κ2) is 18.4. The van der Waals surface area contributed by atoms with E-state index >= 15 is 0 Å². The van der Waals surface area contributed by atoms with Crippen molar-refractivity contribution in [2.24, 2.45) is 0 Å². The molecular formula is C70H48N2. The van der Waals surface area contributed by atoms with Crippen LogP contribution in [0, 0.1) is 0 Å². The van der Waals surface area contributed by atoms with Gasteiger partial charge in [0, 0.05) is 33.4 Å². The summed E-state index contributed by atoms with van der Waals surface area (Å²) >= 11 is 0. The number of benzene rings is 12. The monoisotopic (exact) mass is 916 g/mol. The molecule has 0 unspecified atom stereocenters. The fourth-order valence-electron chi connectivity index (χ4n) is 10.8. The van der Waals surface area contributed by atoms with E-state index in [1.165, 1.54) is 82.6 Å². The third kappa shape index (κ3) is 7.73. The van der Waals surface area contributed by atoms with Crippen molar-refractivity contribution in [1.29, 1.82) is 0 Å². The van der Waals surface area contributed by atoms with E-state index in [9.17, 15) is 0 Å². The van der Waals surface area contributed by atoms with Gasteiger partial charge in [0.15, 0.2) is 0 Å². The van der Waals surface area contributed by atoms with Gasteiger partial charge in [0.2, 0.25) is 0 Å². The minimum absolute atomic E-state index is 1.06. The average Bonchev–Trinajstić information content (AvgIpc) is 3.81. The highest BCUT2D eigenvalue weighted by atomic mass is 15.1. The Morgan fingerprint density at radius 2 is 0.722 bits per heavy atom. The first-order valence-electron chi connectivity index (χ1n) is 24.7. The van der Waals surface area contributed by atoms with E-state index in [1.807, 2.05) is 0 Å². The Labute approximate surface area is 420 Å². The quantitative estimate of drug-likeness (QED) is 0.133. The third-order valence-corrected chi connectivity index (χ3v) is 14.2. The maximum absolute atomic E-state index is 2.45. The molecule has 0 N–H and O–H groups in total. The highest BCUT2D eigenvalue weighted by Crippen LogP contribution is 2.49. The first kappa shape index (κ1) is 42.6. The minimum Gasteiger partial charge on any atom is -0.310 e. The summed E-state index contributed by atoms with van der Waals surface area (Å²) in [5.41, 5.74) is 20.9. The summed E-state index contributed by atoms with van der Waals surface area (Å²) in [5.74, 6) is 0. The molecule has 0 fully saturated rings. The van der Waals surface area contributed by atoms with Crippen molar-refractivity contribution in [3.05, 3.63) is 291 Å². The number of nitrogens with zero attached hydrogens (tertiary/aromatic N) is 2. The van der Waals surface area contributed by atoms with Crippen molar-refractivity contribution >= 4 is 49.6 Å². The Hall–Kier alpha value is -9.50. The van der Waals surface area contributed by atoms with Crippen LogP contribution in [0.4, 0.5) is 17.1 Å². The lowest BCUT2D eigenvalue weighted by Crippen LogP contribution is -2.12. The van der Waals surface area contributed by atoms with Gasteiger partial charge in [-0.3, -0.25) is 0 Å². The number of rotatable bonds is 10. The van der Waals surface area contributed by atoms with Gasteiger partial charge < -0.3 is 9.47 Å². The van der Waals surface area contributed by atoms with Crippen molar-refractivity contribution in [2.75, 3.05) is 4.90 Å². The van der Waals surface area contributed by atoms with Crippen LogP contribution in [0.3, 0.4) is 0 Å². The van der Waals surface area contributed by atoms with Crippen LogP contribution in [0.25, 0.3) is 105 Å². The lowest BCUT2D eigenvalue weighted by Gasteiger charge is -2.30. The van der Waals surface area contributed by atoms with Gasteiger partial charge in [-0.2, -0.15) is 0 Å². The summed E-state index contributed by atoms with van der Waals surface area (Å²) in [5, 5.41) is 4.99. The summed E-state index contributed by atoms with van der Waals surface area (Å²) in [4.78, 5) is 2.45. The molecule has 1 aromatic heterocycles. The normalized spacial score (nSPS) is 11.3. The van der Waals surface area contributed by atoms with Crippen molar-refractivity contribution in [3.63, 3.8) is 0 Å². The van der Waals surface area contributed by atoms with E-state index in [0.29, 0.717) is 0 Å². The molecule has 0 aliphatic heterocycles. The summed E-state index contributed by atoms with van der Waals surface area (Å²) < 4.78 is 2.39. The number of anilines is 3. The molecule has 13 aromatic rings. The molecule has 1 heterocycles. The summed E-state index contributed by atoms with van der Waals surface area (Å²) in [7, 11) is 0. The summed E-state index contributed by atoms with van der Waals surface area (Å²) in [6, 6.07) is 106. The van der Waals surface area contributed by atoms with Crippen LogP contribution in [-0.2, 0) is 0 Å². The Bertz CT molecular complexity index is 4040. The number of aromatic nitrogens is 1. The number of fused-ring (bicyclic) bond motifs is 4. The zero-order chi connectivity index (χ0) is 47.8. The van der Waals surface area contributed by atoms with Crippen LogP contribution in [0.1, 0.15) is 0 Å². The molecule has 13 rings (SSSR count). The lowest BCUT2D eigenvalue weighted by molar-refractivity contribution is 1.18. The maximum atomic E-state index is 2.45. The van der Waals surface area contributed by atoms with Gasteiger partial charge in [-0.1, -0.05) is 231 Å².